The van der Waals surface area contributed by atoms with Gasteiger partial charge in [-0.15, -0.1) is 11.6 Å². The van der Waals surface area contributed by atoms with E-state index >= 15 is 0 Å². The zero-order valence-corrected chi connectivity index (χ0v) is 20.9. The first kappa shape index (κ1) is 25.7. The Labute approximate surface area is 207 Å². The molecule has 5 aliphatic rings. The van der Waals surface area contributed by atoms with Crippen LogP contribution in [0.2, 0.25) is 0 Å². The quantitative estimate of drug-likeness (QED) is 0.222. The number of alkyl halides is 1. The third kappa shape index (κ3) is 3.89. The Hall–Kier alpha value is 0.01000. The molecule has 0 aromatic carbocycles. The predicted octanol–water partition coefficient (Wildman–Crippen LogP) is 1.19. The van der Waals surface area contributed by atoms with Crippen molar-refractivity contribution in [3.05, 3.63) is 0 Å². The van der Waals surface area contributed by atoms with Crippen LogP contribution >= 0.6 is 11.6 Å². The number of rotatable bonds is 2. The SMILES string of the molecule is CC1CC2CC3CC4C(C5CCC(Cl)CC5)CCC(O)C4C(O)C3C(O)C2(O)C(O)C1C(N)O. The van der Waals surface area contributed by atoms with Gasteiger partial charge in [-0.2, -0.15) is 0 Å². The van der Waals surface area contributed by atoms with E-state index in [0.29, 0.717) is 31.1 Å². The fourth-order valence-electron chi connectivity index (χ4n) is 9.54. The maximum Gasteiger partial charge on any atom is 0.120 e. The molecule has 34 heavy (non-hydrogen) atoms. The van der Waals surface area contributed by atoms with E-state index in [-0.39, 0.29) is 35.0 Å². The van der Waals surface area contributed by atoms with E-state index in [1.807, 2.05) is 6.92 Å². The molecule has 8 heteroatoms. The fourth-order valence-corrected chi connectivity index (χ4v) is 9.79. The maximum atomic E-state index is 11.7. The van der Waals surface area contributed by atoms with Crippen molar-refractivity contribution in [1.82, 2.24) is 0 Å². The minimum Gasteiger partial charge on any atom is -0.393 e. The Balaban J connectivity index is 1.43. The highest BCUT2D eigenvalue weighted by molar-refractivity contribution is 6.20. The molecule has 0 saturated heterocycles. The van der Waals surface area contributed by atoms with Crippen LogP contribution < -0.4 is 5.73 Å². The van der Waals surface area contributed by atoms with Gasteiger partial charge in [-0.3, -0.25) is 0 Å². The number of halogens is 1. The summed E-state index contributed by atoms with van der Waals surface area (Å²) in [6, 6.07) is 0. The lowest BCUT2D eigenvalue weighted by Crippen LogP contribution is -2.73. The molecule has 0 bridgehead atoms. The molecule has 5 fully saturated rings. The number of hydrogen-bond acceptors (Lipinski definition) is 7. The van der Waals surface area contributed by atoms with Crippen molar-refractivity contribution in [2.24, 2.45) is 59.0 Å². The average molecular weight is 502 g/mol. The van der Waals surface area contributed by atoms with Crippen molar-refractivity contribution in [3.63, 3.8) is 0 Å². The van der Waals surface area contributed by atoms with Gasteiger partial charge >= 0.3 is 0 Å². The summed E-state index contributed by atoms with van der Waals surface area (Å²) < 4.78 is 0. The summed E-state index contributed by atoms with van der Waals surface area (Å²) in [5.74, 6) is -0.903. The van der Waals surface area contributed by atoms with E-state index in [9.17, 15) is 30.6 Å². The highest BCUT2D eigenvalue weighted by Gasteiger charge is 2.66. The lowest BCUT2D eigenvalue weighted by molar-refractivity contribution is -0.290. The summed E-state index contributed by atoms with van der Waals surface area (Å²) in [5, 5.41) is 67.3. The van der Waals surface area contributed by atoms with Crippen LogP contribution in [0.25, 0.3) is 0 Å². The topological polar surface area (TPSA) is 147 Å². The summed E-state index contributed by atoms with van der Waals surface area (Å²) in [6.07, 6.45) is 2.26. The van der Waals surface area contributed by atoms with Crippen LogP contribution in [-0.2, 0) is 0 Å². The Bertz CT molecular complexity index is 734. The van der Waals surface area contributed by atoms with E-state index in [1.54, 1.807) is 0 Å². The number of nitrogens with two attached hydrogens (primary N) is 1. The smallest absolute Gasteiger partial charge is 0.120 e. The average Bonchev–Trinajstić information content (AvgIpc) is 2.77. The first-order valence-corrected chi connectivity index (χ1v) is 14.0. The van der Waals surface area contributed by atoms with Gasteiger partial charge in [0.1, 0.15) is 11.8 Å². The van der Waals surface area contributed by atoms with Gasteiger partial charge in [-0.1, -0.05) is 6.92 Å². The number of aliphatic hydroxyl groups excluding tert-OH is 5. The Kier molecular flexibility index (Phi) is 7.09. The van der Waals surface area contributed by atoms with E-state index in [4.69, 9.17) is 17.3 Å². The van der Waals surface area contributed by atoms with Gasteiger partial charge in [0.05, 0.1) is 24.4 Å². The fraction of sp³-hybridized carbons (Fsp3) is 1.00. The van der Waals surface area contributed by atoms with Gasteiger partial charge in [0.25, 0.3) is 0 Å². The molecule has 0 spiro atoms. The number of fused-ring (bicyclic) bond motifs is 3. The molecule has 8 N–H and O–H groups in total. The summed E-state index contributed by atoms with van der Waals surface area (Å²) in [6.45, 7) is 1.93. The van der Waals surface area contributed by atoms with E-state index < -0.39 is 48.1 Å². The molecule has 5 saturated carbocycles. The van der Waals surface area contributed by atoms with Gasteiger partial charge < -0.3 is 36.4 Å². The van der Waals surface area contributed by atoms with Crippen LogP contribution in [0.5, 0.6) is 0 Å². The zero-order chi connectivity index (χ0) is 24.5. The molecule has 0 amide bonds. The lowest BCUT2D eigenvalue weighted by Gasteiger charge is -2.63. The van der Waals surface area contributed by atoms with Crippen molar-refractivity contribution in [1.29, 1.82) is 0 Å². The molecule has 5 rings (SSSR count). The molecule has 0 heterocycles. The number of aliphatic hydroxyl groups is 6. The molecule has 0 radical (unpaired) electrons. The van der Waals surface area contributed by atoms with Gasteiger partial charge in [-0.25, -0.2) is 0 Å². The van der Waals surface area contributed by atoms with Crippen LogP contribution in [0.3, 0.4) is 0 Å². The van der Waals surface area contributed by atoms with Gasteiger partial charge in [0, 0.05) is 23.1 Å². The summed E-state index contributed by atoms with van der Waals surface area (Å²) in [5.41, 5.74) is 3.92. The summed E-state index contributed by atoms with van der Waals surface area (Å²) in [4.78, 5) is 0. The van der Waals surface area contributed by atoms with Crippen molar-refractivity contribution < 1.29 is 30.6 Å². The second-order valence-corrected chi connectivity index (χ2v) is 13.2. The molecule has 14 atom stereocenters. The second-order valence-electron chi connectivity index (χ2n) is 12.6. The van der Waals surface area contributed by atoms with Crippen molar-refractivity contribution >= 4 is 11.6 Å². The molecule has 196 valence electrons. The Morgan fingerprint density at radius 3 is 2.15 bits per heavy atom. The summed E-state index contributed by atoms with van der Waals surface area (Å²) >= 11 is 6.37. The number of hydrogen-bond donors (Lipinski definition) is 7. The Morgan fingerprint density at radius 2 is 1.50 bits per heavy atom. The van der Waals surface area contributed by atoms with Crippen LogP contribution in [0, 0.1) is 53.3 Å². The maximum absolute atomic E-state index is 11.7. The highest BCUT2D eigenvalue weighted by atomic mass is 35.5. The van der Waals surface area contributed by atoms with Crippen LogP contribution in [-0.4, -0.2) is 72.3 Å². The third-order valence-corrected chi connectivity index (χ3v) is 11.6. The molecule has 14 unspecified atom stereocenters. The minimum absolute atomic E-state index is 0.0208. The molecule has 5 aliphatic carbocycles. The van der Waals surface area contributed by atoms with Crippen molar-refractivity contribution in [2.45, 2.75) is 106 Å². The largest absolute Gasteiger partial charge is 0.393 e. The first-order chi connectivity index (χ1) is 16.1. The van der Waals surface area contributed by atoms with Crippen molar-refractivity contribution in [2.75, 3.05) is 0 Å². The Morgan fingerprint density at radius 1 is 0.824 bits per heavy atom. The molecular formula is C26H44ClNO6. The van der Waals surface area contributed by atoms with Gasteiger partial charge in [0.15, 0.2) is 0 Å². The molecule has 0 aromatic rings. The molecular weight excluding hydrogens is 458 g/mol. The van der Waals surface area contributed by atoms with Gasteiger partial charge in [-0.05, 0) is 93.3 Å². The van der Waals surface area contributed by atoms with Crippen LogP contribution in [0.1, 0.15) is 64.7 Å². The normalized spacial score (nSPS) is 58.9. The third-order valence-electron chi connectivity index (χ3n) is 11.1. The predicted molar refractivity (Wildman–Crippen MR) is 127 cm³/mol. The van der Waals surface area contributed by atoms with Gasteiger partial charge in [0.2, 0.25) is 0 Å². The lowest BCUT2D eigenvalue weighted by atomic mass is 9.46. The minimum atomic E-state index is -1.83. The standard InChI is InChI=1S/C26H44ClNO6/c1-11-8-14-9-13-10-17-16(12-2-4-15(27)5-3-12)6-7-18(29)21(17)22(30)20(13)24(32)26(14,34)23(31)19(11)25(28)33/h11-25,29-34H,2-10,28H2,1H3. The zero-order valence-electron chi connectivity index (χ0n) is 20.2. The van der Waals surface area contributed by atoms with Crippen LogP contribution in [0.15, 0.2) is 0 Å². The van der Waals surface area contributed by atoms with Crippen LogP contribution in [0.4, 0.5) is 0 Å². The molecule has 0 aliphatic heterocycles. The first-order valence-electron chi connectivity index (χ1n) is 13.6. The second kappa shape index (κ2) is 9.39. The molecule has 0 aromatic heterocycles. The van der Waals surface area contributed by atoms with Crippen molar-refractivity contribution in [3.8, 4) is 0 Å². The monoisotopic (exact) mass is 501 g/mol. The van der Waals surface area contributed by atoms with E-state index in [0.717, 1.165) is 38.5 Å². The van der Waals surface area contributed by atoms with E-state index in [1.165, 1.54) is 0 Å². The summed E-state index contributed by atoms with van der Waals surface area (Å²) in [7, 11) is 0. The highest BCUT2D eigenvalue weighted by Crippen LogP contribution is 2.60. The molecule has 7 nitrogen and oxygen atoms in total. The van der Waals surface area contributed by atoms with E-state index in [2.05, 4.69) is 0 Å².